The number of nitrogen functional groups attached to an aromatic ring is 1. The van der Waals surface area contributed by atoms with E-state index in [1.165, 1.54) is 6.21 Å². The second kappa shape index (κ2) is 7.84. The lowest BCUT2D eigenvalue weighted by atomic mass is 10.1. The molecule has 0 aliphatic rings. The van der Waals surface area contributed by atoms with E-state index in [2.05, 4.69) is 26.7 Å². The first-order valence-corrected chi connectivity index (χ1v) is 8.42. The van der Waals surface area contributed by atoms with Crippen molar-refractivity contribution in [2.45, 2.75) is 6.54 Å². The second-order valence-corrected chi connectivity index (χ2v) is 6.08. The van der Waals surface area contributed by atoms with Gasteiger partial charge in [0, 0.05) is 43.2 Å². The van der Waals surface area contributed by atoms with Crippen molar-refractivity contribution in [2.75, 3.05) is 18.1 Å². The topological polar surface area (TPSA) is 99.7 Å². The molecule has 2 heterocycles. The molecule has 3 rings (SSSR count). The van der Waals surface area contributed by atoms with Crippen LogP contribution in [0.3, 0.4) is 0 Å². The quantitative estimate of drug-likeness (QED) is 0.498. The van der Waals surface area contributed by atoms with Crippen LogP contribution in [-0.2, 0) is 6.54 Å². The van der Waals surface area contributed by atoms with E-state index in [4.69, 9.17) is 22.7 Å². The summed E-state index contributed by atoms with van der Waals surface area (Å²) in [6.45, 7) is 0.539. The Morgan fingerprint density at radius 2 is 2.15 bits per heavy atom. The number of nitrogens with one attached hydrogen (secondary N) is 3. The molecule has 26 heavy (non-hydrogen) atoms. The molecule has 2 aromatic heterocycles. The first-order valence-electron chi connectivity index (χ1n) is 8.04. The molecule has 0 aliphatic carbocycles. The van der Waals surface area contributed by atoms with Crippen LogP contribution in [-0.4, -0.2) is 23.2 Å². The van der Waals surface area contributed by atoms with Crippen LogP contribution in [0.5, 0.6) is 0 Å². The minimum atomic E-state index is 0.381. The van der Waals surface area contributed by atoms with Gasteiger partial charge in [0.1, 0.15) is 0 Å². The Kier molecular flexibility index (Phi) is 5.34. The molecular formula is C19H19ClN6. The summed E-state index contributed by atoms with van der Waals surface area (Å²) in [7, 11) is 1.76. The summed E-state index contributed by atoms with van der Waals surface area (Å²) in [4.78, 5) is 8.83. The molecule has 0 amide bonds. The average Bonchev–Trinajstić information content (AvgIpc) is 2.67. The third-order valence-corrected chi connectivity index (χ3v) is 4.20. The van der Waals surface area contributed by atoms with Gasteiger partial charge in [0.25, 0.3) is 0 Å². The molecule has 6 nitrogen and oxygen atoms in total. The van der Waals surface area contributed by atoms with Gasteiger partial charge in [-0.2, -0.15) is 0 Å². The number of nitrogens with zero attached hydrogens (tertiary/aromatic N) is 2. The molecule has 7 heteroatoms. The van der Waals surface area contributed by atoms with Gasteiger partial charge in [0.15, 0.2) is 5.82 Å². The number of anilines is 2. The van der Waals surface area contributed by atoms with Crippen LogP contribution < -0.4 is 16.4 Å². The summed E-state index contributed by atoms with van der Waals surface area (Å²) in [6, 6.07) is 11.6. The number of hydrogen-bond acceptors (Lipinski definition) is 6. The molecule has 0 unspecified atom stereocenters. The number of allylic oxidation sites excluding steroid dienone is 1. The van der Waals surface area contributed by atoms with Crippen LogP contribution in [0.1, 0.15) is 11.3 Å². The predicted molar refractivity (Wildman–Crippen MR) is 109 cm³/mol. The van der Waals surface area contributed by atoms with Crippen LogP contribution >= 0.6 is 11.6 Å². The minimum absolute atomic E-state index is 0.381. The van der Waals surface area contributed by atoms with E-state index in [0.29, 0.717) is 34.3 Å². The molecule has 0 radical (unpaired) electrons. The number of pyridine rings is 2. The lowest BCUT2D eigenvalue weighted by molar-refractivity contribution is 1.09. The van der Waals surface area contributed by atoms with Crippen molar-refractivity contribution < 1.29 is 0 Å². The molecule has 0 fully saturated rings. The van der Waals surface area contributed by atoms with Crippen molar-refractivity contribution in [2.24, 2.45) is 0 Å². The lowest BCUT2D eigenvalue weighted by Crippen LogP contribution is -2.08. The number of fused-ring (bicyclic) bond motifs is 1. The van der Waals surface area contributed by atoms with Gasteiger partial charge < -0.3 is 21.8 Å². The van der Waals surface area contributed by atoms with E-state index in [1.807, 2.05) is 24.3 Å². The van der Waals surface area contributed by atoms with Crippen LogP contribution in [0.2, 0.25) is 5.02 Å². The van der Waals surface area contributed by atoms with Crippen molar-refractivity contribution in [3.63, 3.8) is 0 Å². The standard InChI is InChI=1S/C19H19ClN6/c1-23-11-14(9-21)17-8-15(20)18(22)19(26-17)25-10-12-4-5-16-13(7-12)3-2-6-24-16/h2-9,11,21,23H,10,22H2,1H3,(H,25,26)/b14-11+,21-9?. The average molecular weight is 367 g/mol. The van der Waals surface area contributed by atoms with Gasteiger partial charge in [-0.1, -0.05) is 23.7 Å². The highest BCUT2D eigenvalue weighted by Crippen LogP contribution is 2.29. The second-order valence-electron chi connectivity index (χ2n) is 5.67. The summed E-state index contributed by atoms with van der Waals surface area (Å²) in [6.07, 6.45) is 4.67. The summed E-state index contributed by atoms with van der Waals surface area (Å²) in [5.74, 6) is 0.489. The molecule has 1 aromatic carbocycles. The summed E-state index contributed by atoms with van der Waals surface area (Å²) < 4.78 is 0. The molecule has 0 saturated carbocycles. The fourth-order valence-corrected chi connectivity index (χ4v) is 2.77. The van der Waals surface area contributed by atoms with Gasteiger partial charge in [-0.05, 0) is 29.8 Å². The van der Waals surface area contributed by atoms with Gasteiger partial charge in [-0.15, -0.1) is 0 Å². The van der Waals surface area contributed by atoms with Crippen LogP contribution in [0.4, 0.5) is 11.5 Å². The largest absolute Gasteiger partial charge is 0.395 e. The number of benzene rings is 1. The van der Waals surface area contributed by atoms with E-state index in [0.717, 1.165) is 16.5 Å². The minimum Gasteiger partial charge on any atom is -0.395 e. The highest BCUT2D eigenvalue weighted by molar-refractivity contribution is 6.34. The molecule has 0 saturated heterocycles. The molecular weight excluding hydrogens is 348 g/mol. The van der Waals surface area contributed by atoms with Crippen molar-refractivity contribution in [1.82, 2.24) is 15.3 Å². The van der Waals surface area contributed by atoms with E-state index in [1.54, 1.807) is 25.5 Å². The molecule has 132 valence electrons. The predicted octanol–water partition coefficient (Wildman–Crippen LogP) is 3.69. The third kappa shape index (κ3) is 3.75. The maximum Gasteiger partial charge on any atom is 0.151 e. The van der Waals surface area contributed by atoms with Crippen LogP contribution in [0.15, 0.2) is 48.8 Å². The number of nitrogens with two attached hydrogens (primary N) is 1. The Balaban J connectivity index is 1.87. The molecule has 0 spiro atoms. The molecule has 3 aromatic rings. The third-order valence-electron chi connectivity index (χ3n) is 3.89. The first-order chi connectivity index (χ1) is 12.6. The number of rotatable bonds is 6. The zero-order chi connectivity index (χ0) is 18.5. The smallest absolute Gasteiger partial charge is 0.151 e. The Morgan fingerprint density at radius 3 is 2.92 bits per heavy atom. The Hall–Kier alpha value is -3.12. The summed E-state index contributed by atoms with van der Waals surface area (Å²) in [5, 5.41) is 15.1. The van der Waals surface area contributed by atoms with Crippen molar-refractivity contribution in [1.29, 1.82) is 5.41 Å². The highest BCUT2D eigenvalue weighted by Gasteiger charge is 2.11. The zero-order valence-corrected chi connectivity index (χ0v) is 15.0. The molecule has 0 atom stereocenters. The van der Waals surface area contributed by atoms with Crippen molar-refractivity contribution in [3.8, 4) is 0 Å². The maximum atomic E-state index is 7.53. The SMILES string of the molecule is CN/C=C(\C=N)c1cc(Cl)c(N)c(NCc2ccc3ncccc3c2)n1. The lowest BCUT2D eigenvalue weighted by Gasteiger charge is -2.13. The molecule has 5 N–H and O–H groups in total. The summed E-state index contributed by atoms with van der Waals surface area (Å²) in [5.41, 5.74) is 9.64. The van der Waals surface area contributed by atoms with E-state index >= 15 is 0 Å². The normalized spacial score (nSPS) is 11.4. The fraction of sp³-hybridized carbons (Fsp3) is 0.105. The monoisotopic (exact) mass is 366 g/mol. The molecule has 0 bridgehead atoms. The Bertz CT molecular complexity index is 983. The highest BCUT2D eigenvalue weighted by atomic mass is 35.5. The van der Waals surface area contributed by atoms with Crippen LogP contribution in [0, 0.1) is 5.41 Å². The van der Waals surface area contributed by atoms with Gasteiger partial charge in [-0.3, -0.25) is 4.98 Å². The number of aromatic nitrogens is 2. The van der Waals surface area contributed by atoms with Gasteiger partial charge in [0.05, 0.1) is 21.9 Å². The van der Waals surface area contributed by atoms with Gasteiger partial charge in [0.2, 0.25) is 0 Å². The van der Waals surface area contributed by atoms with Crippen molar-refractivity contribution in [3.05, 3.63) is 65.1 Å². The van der Waals surface area contributed by atoms with Crippen LogP contribution in [0.25, 0.3) is 16.5 Å². The number of halogens is 1. The Morgan fingerprint density at radius 1 is 1.31 bits per heavy atom. The zero-order valence-electron chi connectivity index (χ0n) is 14.3. The maximum absolute atomic E-state index is 7.53. The van der Waals surface area contributed by atoms with Gasteiger partial charge in [-0.25, -0.2) is 4.98 Å². The van der Waals surface area contributed by atoms with E-state index in [9.17, 15) is 0 Å². The first kappa shape index (κ1) is 17.7. The molecule has 0 aliphatic heterocycles. The van der Waals surface area contributed by atoms with E-state index in [-0.39, 0.29) is 0 Å². The fourth-order valence-electron chi connectivity index (χ4n) is 2.57. The number of hydrogen-bond donors (Lipinski definition) is 4. The van der Waals surface area contributed by atoms with Gasteiger partial charge >= 0.3 is 0 Å². The Labute approximate surface area is 156 Å². The van der Waals surface area contributed by atoms with E-state index < -0.39 is 0 Å². The van der Waals surface area contributed by atoms with Crippen molar-refractivity contribution >= 4 is 45.8 Å². The summed E-state index contributed by atoms with van der Waals surface area (Å²) >= 11 is 6.24.